The highest BCUT2D eigenvalue weighted by Gasteiger charge is 2.33. The molecule has 2 atom stereocenters. The second-order valence-electron chi connectivity index (χ2n) is 4.52. The van der Waals surface area contributed by atoms with Gasteiger partial charge in [-0.25, -0.2) is 4.79 Å². The monoisotopic (exact) mass is 268 g/mol. The second-order valence-corrected chi connectivity index (χ2v) is 4.83. The molecule has 1 aromatic carbocycles. The third kappa shape index (κ3) is 3.15. The molecule has 1 aliphatic rings. The van der Waals surface area contributed by atoms with Gasteiger partial charge in [0.05, 0.1) is 0 Å². The minimum atomic E-state index is -0.318. The summed E-state index contributed by atoms with van der Waals surface area (Å²) in [5.41, 5.74) is 6.87. The molecule has 0 aliphatic carbocycles. The molecule has 1 aliphatic heterocycles. The third-order valence-corrected chi connectivity index (χ3v) is 3.55. The van der Waals surface area contributed by atoms with Gasteiger partial charge in [-0.05, 0) is 5.56 Å². The number of hydrogen-bond acceptors (Lipinski definition) is 3. The molecule has 2 N–H and O–H groups in total. The van der Waals surface area contributed by atoms with Gasteiger partial charge in [-0.2, -0.15) is 0 Å². The van der Waals surface area contributed by atoms with E-state index in [4.69, 9.17) is 22.1 Å². The number of amides is 1. The van der Waals surface area contributed by atoms with Crippen LogP contribution in [0.5, 0.6) is 0 Å². The molecule has 0 unspecified atom stereocenters. The Hall–Kier alpha value is -1.26. The van der Waals surface area contributed by atoms with Crippen molar-refractivity contribution in [1.29, 1.82) is 0 Å². The molecule has 1 heterocycles. The molecular weight excluding hydrogens is 252 g/mol. The second kappa shape index (κ2) is 6.07. The molecule has 2 rings (SSSR count). The van der Waals surface area contributed by atoms with Gasteiger partial charge < -0.3 is 15.4 Å². The van der Waals surface area contributed by atoms with E-state index in [1.807, 2.05) is 30.3 Å². The molecule has 1 aromatic rings. The van der Waals surface area contributed by atoms with Crippen LogP contribution < -0.4 is 5.73 Å². The number of ether oxygens (including phenoxy) is 1. The van der Waals surface area contributed by atoms with Crippen molar-refractivity contribution in [2.45, 2.75) is 12.6 Å². The van der Waals surface area contributed by atoms with Crippen molar-refractivity contribution >= 4 is 17.7 Å². The molecule has 1 amide bonds. The quantitative estimate of drug-likeness (QED) is 0.851. The molecule has 0 saturated carbocycles. The average Bonchev–Trinajstić information content (AvgIpc) is 2.78. The third-order valence-electron chi connectivity index (χ3n) is 3.15. The van der Waals surface area contributed by atoms with Crippen molar-refractivity contribution in [3.8, 4) is 0 Å². The highest BCUT2D eigenvalue weighted by Crippen LogP contribution is 2.17. The first kappa shape index (κ1) is 13.2. The zero-order chi connectivity index (χ0) is 13.0. The fourth-order valence-corrected chi connectivity index (χ4v) is 2.35. The molecule has 1 fully saturated rings. The average molecular weight is 269 g/mol. The Kier molecular flexibility index (Phi) is 4.44. The number of carbonyl (C=O) groups excluding carboxylic acids is 1. The van der Waals surface area contributed by atoms with Crippen LogP contribution in [0.2, 0.25) is 0 Å². The van der Waals surface area contributed by atoms with E-state index in [0.717, 1.165) is 5.56 Å². The largest absolute Gasteiger partial charge is 0.445 e. The summed E-state index contributed by atoms with van der Waals surface area (Å²) in [5, 5.41) is 0. The normalized spacial score (nSPS) is 23.1. The van der Waals surface area contributed by atoms with Gasteiger partial charge in [0, 0.05) is 30.9 Å². The van der Waals surface area contributed by atoms with Crippen LogP contribution in [0.25, 0.3) is 0 Å². The minimum Gasteiger partial charge on any atom is -0.445 e. The Bertz CT molecular complexity index is 399. The number of hydrogen-bond donors (Lipinski definition) is 1. The van der Waals surface area contributed by atoms with Crippen LogP contribution in [0.15, 0.2) is 30.3 Å². The number of alkyl halides is 1. The molecule has 0 spiro atoms. The van der Waals surface area contributed by atoms with Gasteiger partial charge in [0.1, 0.15) is 6.61 Å². The fourth-order valence-electron chi connectivity index (χ4n) is 2.02. The van der Waals surface area contributed by atoms with Crippen molar-refractivity contribution in [2.75, 3.05) is 19.0 Å². The van der Waals surface area contributed by atoms with E-state index in [2.05, 4.69) is 0 Å². The smallest absolute Gasteiger partial charge is 0.410 e. The molecule has 5 heteroatoms. The van der Waals surface area contributed by atoms with Crippen molar-refractivity contribution < 1.29 is 9.53 Å². The van der Waals surface area contributed by atoms with Gasteiger partial charge in [0.25, 0.3) is 0 Å². The Morgan fingerprint density at radius 3 is 2.72 bits per heavy atom. The number of likely N-dealkylation sites (tertiary alicyclic amines) is 1. The van der Waals surface area contributed by atoms with Crippen LogP contribution in [0.4, 0.5) is 4.79 Å². The summed E-state index contributed by atoms with van der Waals surface area (Å²) in [6, 6.07) is 9.55. The molecule has 18 heavy (non-hydrogen) atoms. The predicted octanol–water partition coefficient (Wildman–Crippen LogP) is 1.82. The number of rotatable bonds is 3. The fraction of sp³-hybridized carbons (Fsp3) is 0.462. The lowest BCUT2D eigenvalue weighted by Crippen LogP contribution is -2.32. The first-order valence-corrected chi connectivity index (χ1v) is 6.51. The van der Waals surface area contributed by atoms with Gasteiger partial charge >= 0.3 is 6.09 Å². The molecule has 0 aromatic heterocycles. The maximum atomic E-state index is 11.8. The van der Waals surface area contributed by atoms with E-state index in [9.17, 15) is 4.79 Å². The van der Waals surface area contributed by atoms with Crippen LogP contribution in [-0.4, -0.2) is 36.0 Å². The molecule has 4 nitrogen and oxygen atoms in total. The van der Waals surface area contributed by atoms with Crippen LogP contribution in [0.1, 0.15) is 5.56 Å². The van der Waals surface area contributed by atoms with E-state index in [-0.39, 0.29) is 24.7 Å². The number of halogens is 1. The van der Waals surface area contributed by atoms with E-state index in [1.165, 1.54) is 0 Å². The number of nitrogens with two attached hydrogens (primary N) is 1. The van der Waals surface area contributed by atoms with E-state index in [1.54, 1.807) is 4.90 Å². The summed E-state index contributed by atoms with van der Waals surface area (Å²) in [7, 11) is 0. The first-order valence-electron chi connectivity index (χ1n) is 5.98. The number of benzene rings is 1. The summed E-state index contributed by atoms with van der Waals surface area (Å²) >= 11 is 5.79. The lowest BCUT2D eigenvalue weighted by atomic mass is 10.1. The number of carbonyl (C=O) groups is 1. The maximum Gasteiger partial charge on any atom is 0.410 e. The summed E-state index contributed by atoms with van der Waals surface area (Å²) in [6.45, 7) is 1.39. The Morgan fingerprint density at radius 2 is 2.11 bits per heavy atom. The summed E-state index contributed by atoms with van der Waals surface area (Å²) in [4.78, 5) is 13.5. The molecule has 0 bridgehead atoms. The van der Waals surface area contributed by atoms with Crippen LogP contribution in [-0.2, 0) is 11.3 Å². The SMILES string of the molecule is N[C@@H]1CN(C(=O)OCc2ccccc2)C[C@@H]1CCl. The van der Waals surface area contributed by atoms with Crippen LogP contribution >= 0.6 is 11.6 Å². The lowest BCUT2D eigenvalue weighted by Gasteiger charge is -2.15. The number of nitrogens with zero attached hydrogens (tertiary/aromatic N) is 1. The standard InChI is InChI=1S/C13H17ClN2O2/c14-6-11-7-16(8-12(11)15)13(17)18-9-10-4-2-1-3-5-10/h1-5,11-12H,6-9,15H2/t11-,12+/m0/s1. The maximum absolute atomic E-state index is 11.8. The van der Waals surface area contributed by atoms with Gasteiger partial charge in [-0.3, -0.25) is 0 Å². The Labute approximate surface area is 112 Å². The lowest BCUT2D eigenvalue weighted by molar-refractivity contribution is 0.103. The molecule has 0 radical (unpaired) electrons. The van der Waals surface area contributed by atoms with Gasteiger partial charge in [0.15, 0.2) is 0 Å². The zero-order valence-corrected chi connectivity index (χ0v) is 10.8. The van der Waals surface area contributed by atoms with Crippen LogP contribution in [0.3, 0.4) is 0 Å². The first-order chi connectivity index (χ1) is 8.70. The summed E-state index contributed by atoms with van der Waals surface area (Å²) in [6.07, 6.45) is -0.318. The van der Waals surface area contributed by atoms with E-state index in [0.29, 0.717) is 19.0 Å². The Morgan fingerprint density at radius 1 is 1.39 bits per heavy atom. The minimum absolute atomic E-state index is 0.0493. The van der Waals surface area contributed by atoms with E-state index < -0.39 is 0 Å². The van der Waals surface area contributed by atoms with Crippen molar-refractivity contribution in [1.82, 2.24) is 4.90 Å². The predicted molar refractivity (Wildman–Crippen MR) is 70.4 cm³/mol. The van der Waals surface area contributed by atoms with Crippen molar-refractivity contribution in [2.24, 2.45) is 11.7 Å². The van der Waals surface area contributed by atoms with Crippen molar-refractivity contribution in [3.63, 3.8) is 0 Å². The molecular formula is C13H17ClN2O2. The highest BCUT2D eigenvalue weighted by atomic mass is 35.5. The highest BCUT2D eigenvalue weighted by molar-refractivity contribution is 6.18. The Balaban J connectivity index is 1.82. The van der Waals surface area contributed by atoms with Gasteiger partial charge in [-0.1, -0.05) is 30.3 Å². The van der Waals surface area contributed by atoms with Crippen molar-refractivity contribution in [3.05, 3.63) is 35.9 Å². The molecule has 98 valence electrons. The summed E-state index contributed by atoms with van der Waals surface area (Å²) in [5.74, 6) is 0.639. The zero-order valence-electron chi connectivity index (χ0n) is 10.1. The van der Waals surface area contributed by atoms with Gasteiger partial charge in [-0.15, -0.1) is 11.6 Å². The summed E-state index contributed by atoms with van der Waals surface area (Å²) < 4.78 is 5.24. The molecule has 1 saturated heterocycles. The van der Waals surface area contributed by atoms with Crippen LogP contribution in [0, 0.1) is 5.92 Å². The van der Waals surface area contributed by atoms with Gasteiger partial charge in [0.2, 0.25) is 0 Å². The topological polar surface area (TPSA) is 55.6 Å². The van der Waals surface area contributed by atoms with E-state index >= 15 is 0 Å².